The topological polar surface area (TPSA) is 29.5 Å². The molecule has 0 aromatic heterocycles. The molecule has 14 heavy (non-hydrogen) atoms. The molecule has 0 unspecified atom stereocenters. The minimum absolute atomic E-state index is 0.122. The molecule has 1 aromatic rings. The molecule has 0 aliphatic rings. The van der Waals surface area contributed by atoms with Crippen LogP contribution in [0.25, 0.3) is 0 Å². The maximum atomic E-state index is 13.6. The first kappa shape index (κ1) is 11.5. The molecule has 0 saturated carbocycles. The number of halogens is 2. The number of rotatable bonds is 2. The molecule has 0 amide bonds. The molecule has 0 aliphatic heterocycles. The molecular weight excluding hydrogens is 251 g/mol. The minimum Gasteiger partial charge on any atom is -0.494 e. The fourth-order valence-electron chi connectivity index (χ4n) is 1.16. The Bertz CT molecular complexity index is 345. The fraction of sp³-hybridized carbons (Fsp3) is 0.400. The first-order chi connectivity index (χ1) is 6.36. The van der Waals surface area contributed by atoms with Crippen LogP contribution in [0.3, 0.4) is 0 Å². The maximum Gasteiger partial charge on any atom is 0.171 e. The van der Waals surface area contributed by atoms with Gasteiger partial charge >= 0.3 is 0 Å². The SMILES string of the molecule is COc1cc(Br)cc(C(C)(C)O)c1F. The van der Waals surface area contributed by atoms with Gasteiger partial charge in [0.1, 0.15) is 0 Å². The van der Waals surface area contributed by atoms with Crippen LogP contribution in [0.15, 0.2) is 16.6 Å². The highest BCUT2D eigenvalue weighted by atomic mass is 79.9. The first-order valence-corrected chi connectivity index (χ1v) is 4.91. The van der Waals surface area contributed by atoms with Gasteiger partial charge in [-0.15, -0.1) is 0 Å². The molecule has 0 atom stereocenters. The Labute approximate surface area is 90.8 Å². The van der Waals surface area contributed by atoms with Gasteiger partial charge in [0.25, 0.3) is 0 Å². The summed E-state index contributed by atoms with van der Waals surface area (Å²) in [6.45, 7) is 3.05. The smallest absolute Gasteiger partial charge is 0.171 e. The van der Waals surface area contributed by atoms with Gasteiger partial charge in [0.05, 0.1) is 12.7 Å². The van der Waals surface area contributed by atoms with Crippen LogP contribution in [-0.4, -0.2) is 12.2 Å². The van der Waals surface area contributed by atoms with Crippen LogP contribution in [0, 0.1) is 5.82 Å². The van der Waals surface area contributed by atoms with Gasteiger partial charge in [0.15, 0.2) is 11.6 Å². The van der Waals surface area contributed by atoms with E-state index in [0.717, 1.165) is 0 Å². The zero-order valence-corrected chi connectivity index (χ0v) is 9.85. The van der Waals surface area contributed by atoms with Crippen molar-refractivity contribution in [2.45, 2.75) is 19.4 Å². The lowest BCUT2D eigenvalue weighted by Crippen LogP contribution is -2.18. The highest BCUT2D eigenvalue weighted by Gasteiger charge is 2.23. The van der Waals surface area contributed by atoms with Crippen LogP contribution in [-0.2, 0) is 5.60 Å². The van der Waals surface area contributed by atoms with Gasteiger partial charge in [-0.25, -0.2) is 4.39 Å². The van der Waals surface area contributed by atoms with E-state index in [2.05, 4.69) is 15.9 Å². The molecule has 0 saturated heterocycles. The molecule has 0 bridgehead atoms. The minimum atomic E-state index is -1.22. The van der Waals surface area contributed by atoms with Crippen molar-refractivity contribution in [1.82, 2.24) is 0 Å². The average molecular weight is 263 g/mol. The molecule has 0 spiro atoms. The monoisotopic (exact) mass is 262 g/mol. The molecule has 0 radical (unpaired) electrons. The number of hydrogen-bond donors (Lipinski definition) is 1. The van der Waals surface area contributed by atoms with E-state index in [4.69, 9.17) is 4.74 Å². The summed E-state index contributed by atoms with van der Waals surface area (Å²) in [5, 5.41) is 9.70. The van der Waals surface area contributed by atoms with E-state index < -0.39 is 11.4 Å². The van der Waals surface area contributed by atoms with E-state index in [-0.39, 0.29) is 11.3 Å². The Morgan fingerprint density at radius 2 is 2.00 bits per heavy atom. The largest absolute Gasteiger partial charge is 0.494 e. The van der Waals surface area contributed by atoms with Gasteiger partial charge in [-0.3, -0.25) is 0 Å². The highest BCUT2D eigenvalue weighted by Crippen LogP contribution is 2.32. The molecule has 0 fully saturated rings. The summed E-state index contributed by atoms with van der Waals surface area (Å²) in [5.74, 6) is -0.403. The maximum absolute atomic E-state index is 13.6. The van der Waals surface area contributed by atoms with Crippen molar-refractivity contribution in [2.75, 3.05) is 7.11 Å². The number of hydrogen-bond acceptors (Lipinski definition) is 2. The third kappa shape index (κ3) is 2.25. The zero-order valence-electron chi connectivity index (χ0n) is 8.27. The number of aliphatic hydroxyl groups is 1. The van der Waals surface area contributed by atoms with Crippen molar-refractivity contribution in [1.29, 1.82) is 0 Å². The third-order valence-corrected chi connectivity index (χ3v) is 2.34. The Balaban J connectivity index is 3.37. The first-order valence-electron chi connectivity index (χ1n) is 4.12. The van der Waals surface area contributed by atoms with Crippen LogP contribution in [0.5, 0.6) is 5.75 Å². The summed E-state index contributed by atoms with van der Waals surface area (Å²) in [6.07, 6.45) is 0. The van der Waals surface area contributed by atoms with E-state index >= 15 is 0 Å². The van der Waals surface area contributed by atoms with Gasteiger partial charge in [0.2, 0.25) is 0 Å². The predicted octanol–water partition coefficient (Wildman–Crippen LogP) is 2.82. The Hall–Kier alpha value is -0.610. The fourth-order valence-corrected chi connectivity index (χ4v) is 1.59. The highest BCUT2D eigenvalue weighted by molar-refractivity contribution is 9.10. The van der Waals surface area contributed by atoms with Crippen LogP contribution in [0.1, 0.15) is 19.4 Å². The lowest BCUT2D eigenvalue weighted by atomic mass is 9.97. The van der Waals surface area contributed by atoms with Crippen LogP contribution >= 0.6 is 15.9 Å². The summed E-state index contributed by atoms with van der Waals surface area (Å²) in [6, 6.07) is 3.06. The molecule has 1 N–H and O–H groups in total. The van der Waals surface area contributed by atoms with Gasteiger partial charge in [-0.2, -0.15) is 0 Å². The summed E-state index contributed by atoms with van der Waals surface area (Å²) in [7, 11) is 1.39. The van der Waals surface area contributed by atoms with E-state index in [0.29, 0.717) is 4.47 Å². The summed E-state index contributed by atoms with van der Waals surface area (Å²) < 4.78 is 19.2. The van der Waals surface area contributed by atoms with E-state index in [1.165, 1.54) is 33.1 Å². The van der Waals surface area contributed by atoms with Gasteiger partial charge in [-0.05, 0) is 26.0 Å². The number of methoxy groups -OCH3 is 1. The molecule has 78 valence electrons. The van der Waals surface area contributed by atoms with Gasteiger partial charge < -0.3 is 9.84 Å². The Morgan fingerprint density at radius 1 is 1.43 bits per heavy atom. The van der Waals surface area contributed by atoms with Crippen LogP contribution in [0.4, 0.5) is 4.39 Å². The lowest BCUT2D eigenvalue weighted by molar-refractivity contribution is 0.0738. The molecule has 1 aromatic carbocycles. The summed E-state index contributed by atoms with van der Waals surface area (Å²) in [5.41, 5.74) is -1.01. The zero-order chi connectivity index (χ0) is 10.9. The number of benzene rings is 1. The van der Waals surface area contributed by atoms with E-state index in [1.54, 1.807) is 0 Å². The van der Waals surface area contributed by atoms with E-state index in [9.17, 15) is 9.50 Å². The van der Waals surface area contributed by atoms with Crippen LogP contribution in [0.2, 0.25) is 0 Å². The van der Waals surface area contributed by atoms with Crippen molar-refractivity contribution < 1.29 is 14.2 Å². The Kier molecular flexibility index (Phi) is 3.17. The second-order valence-electron chi connectivity index (χ2n) is 3.53. The molecule has 0 heterocycles. The summed E-state index contributed by atoms with van der Waals surface area (Å²) in [4.78, 5) is 0. The van der Waals surface area contributed by atoms with Crippen LogP contribution < -0.4 is 4.74 Å². The molecular formula is C10H12BrFO2. The number of ether oxygens (including phenoxy) is 1. The predicted molar refractivity (Wildman–Crippen MR) is 55.9 cm³/mol. The van der Waals surface area contributed by atoms with Crippen molar-refractivity contribution in [3.63, 3.8) is 0 Å². The second-order valence-corrected chi connectivity index (χ2v) is 4.44. The summed E-state index contributed by atoms with van der Waals surface area (Å²) >= 11 is 3.22. The van der Waals surface area contributed by atoms with Crippen molar-refractivity contribution in [3.8, 4) is 5.75 Å². The Morgan fingerprint density at radius 3 is 2.43 bits per heavy atom. The second kappa shape index (κ2) is 3.87. The van der Waals surface area contributed by atoms with Crippen molar-refractivity contribution >= 4 is 15.9 Å². The third-order valence-electron chi connectivity index (χ3n) is 1.88. The average Bonchev–Trinajstić information content (AvgIpc) is 2.06. The van der Waals surface area contributed by atoms with Gasteiger partial charge in [0, 0.05) is 10.0 Å². The van der Waals surface area contributed by atoms with Crippen molar-refractivity contribution in [3.05, 3.63) is 28.0 Å². The standard InChI is InChI=1S/C10H12BrFO2/c1-10(2,13)7-4-6(11)5-8(14-3)9(7)12/h4-5,13H,1-3H3. The lowest BCUT2D eigenvalue weighted by Gasteiger charge is -2.20. The molecule has 0 aliphatic carbocycles. The van der Waals surface area contributed by atoms with E-state index in [1.807, 2.05) is 0 Å². The molecule has 1 rings (SSSR count). The quantitative estimate of drug-likeness (QED) is 0.889. The van der Waals surface area contributed by atoms with Crippen molar-refractivity contribution in [2.24, 2.45) is 0 Å². The molecule has 2 nitrogen and oxygen atoms in total. The molecule has 4 heteroatoms. The van der Waals surface area contributed by atoms with Gasteiger partial charge in [-0.1, -0.05) is 15.9 Å². The normalized spacial score (nSPS) is 11.6.